The van der Waals surface area contributed by atoms with Crippen LogP contribution in [-0.2, 0) is 4.79 Å². The second-order valence-corrected chi connectivity index (χ2v) is 7.86. The first-order valence-corrected chi connectivity index (χ1v) is 9.16. The van der Waals surface area contributed by atoms with Gasteiger partial charge in [0.05, 0.1) is 5.69 Å². The number of hydrogen-bond donors (Lipinski definition) is 2. The average molecular weight is 374 g/mol. The minimum atomic E-state index is -0.297. The van der Waals surface area contributed by atoms with Gasteiger partial charge in [-0.1, -0.05) is 0 Å². The van der Waals surface area contributed by atoms with Crippen molar-refractivity contribution < 1.29 is 19.1 Å². The van der Waals surface area contributed by atoms with E-state index in [9.17, 15) is 14.4 Å². The highest BCUT2D eigenvalue weighted by Crippen LogP contribution is 2.29. The molecular weight excluding hydrogens is 348 g/mol. The molecule has 0 saturated carbocycles. The molecule has 0 aromatic heterocycles. The quantitative estimate of drug-likeness (QED) is 0.782. The van der Waals surface area contributed by atoms with Gasteiger partial charge in [0, 0.05) is 37.3 Å². The fourth-order valence-electron chi connectivity index (χ4n) is 3.12. The van der Waals surface area contributed by atoms with Gasteiger partial charge in [-0.05, 0) is 45.4 Å². The zero-order chi connectivity index (χ0) is 19.6. The smallest absolute Gasteiger partial charge is 0.317 e. The first-order chi connectivity index (χ1) is 12.7. The highest BCUT2D eigenvalue weighted by Gasteiger charge is 2.26. The van der Waals surface area contributed by atoms with E-state index >= 15 is 0 Å². The maximum Gasteiger partial charge on any atom is 0.317 e. The topological polar surface area (TPSA) is 91.0 Å². The molecule has 2 aliphatic rings. The Labute approximate surface area is 158 Å². The second-order valence-electron chi connectivity index (χ2n) is 7.86. The van der Waals surface area contributed by atoms with E-state index < -0.39 is 0 Å². The molecule has 1 aromatic rings. The molecule has 1 fully saturated rings. The van der Waals surface area contributed by atoms with Crippen LogP contribution in [0.4, 0.5) is 10.5 Å². The number of carbonyl (C=O) groups is 3. The number of ether oxygens (including phenoxy) is 1. The van der Waals surface area contributed by atoms with E-state index in [4.69, 9.17) is 4.74 Å². The lowest BCUT2D eigenvalue weighted by molar-refractivity contribution is -0.118. The predicted octanol–water partition coefficient (Wildman–Crippen LogP) is 1.67. The van der Waals surface area contributed by atoms with Gasteiger partial charge in [-0.3, -0.25) is 9.59 Å². The molecule has 1 saturated heterocycles. The van der Waals surface area contributed by atoms with Crippen LogP contribution in [0.3, 0.4) is 0 Å². The Morgan fingerprint density at radius 2 is 1.81 bits per heavy atom. The maximum atomic E-state index is 12.9. The number of carbonyl (C=O) groups excluding carboxylic acids is 3. The molecular formula is C19H26N4O4. The Morgan fingerprint density at radius 1 is 1.11 bits per heavy atom. The molecule has 0 aliphatic carbocycles. The van der Waals surface area contributed by atoms with Gasteiger partial charge in [0.15, 0.2) is 6.61 Å². The fourth-order valence-corrected chi connectivity index (χ4v) is 3.12. The molecule has 0 bridgehead atoms. The van der Waals surface area contributed by atoms with Gasteiger partial charge in [-0.2, -0.15) is 0 Å². The molecule has 8 nitrogen and oxygen atoms in total. The van der Waals surface area contributed by atoms with Gasteiger partial charge in [-0.15, -0.1) is 0 Å². The largest absolute Gasteiger partial charge is 0.482 e. The number of hydrogen-bond acceptors (Lipinski definition) is 4. The van der Waals surface area contributed by atoms with Crippen LogP contribution < -0.4 is 15.4 Å². The molecule has 27 heavy (non-hydrogen) atoms. The molecule has 2 heterocycles. The van der Waals surface area contributed by atoms with Gasteiger partial charge >= 0.3 is 6.03 Å². The highest BCUT2D eigenvalue weighted by molar-refractivity contribution is 5.99. The van der Waals surface area contributed by atoms with Crippen molar-refractivity contribution in [3.63, 3.8) is 0 Å². The Hall–Kier alpha value is -2.77. The molecule has 0 unspecified atom stereocenters. The molecule has 8 heteroatoms. The lowest BCUT2D eigenvalue weighted by Crippen LogP contribution is -2.49. The summed E-state index contributed by atoms with van der Waals surface area (Å²) >= 11 is 0. The number of nitrogens with zero attached hydrogens (tertiary/aromatic N) is 2. The van der Waals surface area contributed by atoms with Crippen LogP contribution >= 0.6 is 0 Å². The van der Waals surface area contributed by atoms with Crippen molar-refractivity contribution in [2.75, 3.05) is 38.1 Å². The van der Waals surface area contributed by atoms with E-state index in [1.165, 1.54) is 0 Å². The molecule has 0 atom stereocenters. The monoisotopic (exact) mass is 374 g/mol. The zero-order valence-electron chi connectivity index (χ0n) is 16.0. The van der Waals surface area contributed by atoms with E-state index in [1.807, 2.05) is 20.8 Å². The lowest BCUT2D eigenvalue weighted by Gasteiger charge is -2.27. The summed E-state index contributed by atoms with van der Waals surface area (Å²) in [5.74, 6) is 0.213. The number of urea groups is 1. The number of benzene rings is 1. The molecule has 4 amide bonds. The second kappa shape index (κ2) is 7.46. The van der Waals surface area contributed by atoms with Crippen molar-refractivity contribution in [3.8, 4) is 5.75 Å². The van der Waals surface area contributed by atoms with Crippen LogP contribution in [0.2, 0.25) is 0 Å². The predicted molar refractivity (Wildman–Crippen MR) is 101 cm³/mol. The van der Waals surface area contributed by atoms with E-state index in [0.29, 0.717) is 49.6 Å². The fraction of sp³-hybridized carbons (Fsp3) is 0.526. The van der Waals surface area contributed by atoms with Crippen LogP contribution in [0.1, 0.15) is 37.6 Å². The summed E-state index contributed by atoms with van der Waals surface area (Å²) < 4.78 is 5.33. The Kier molecular flexibility index (Phi) is 5.25. The first kappa shape index (κ1) is 19.0. The summed E-state index contributed by atoms with van der Waals surface area (Å²) in [6, 6.07) is 4.94. The van der Waals surface area contributed by atoms with Crippen molar-refractivity contribution in [1.29, 1.82) is 0 Å². The van der Waals surface area contributed by atoms with E-state index in [2.05, 4.69) is 10.6 Å². The standard InChI is InChI=1S/C19H26N4O4/c1-19(2,3)21-18(26)23-8-4-7-22(9-10-23)17(25)13-5-6-15-14(11-13)20-16(24)12-27-15/h5-6,11H,4,7-10,12H2,1-3H3,(H,20,24)(H,21,26). The number of anilines is 1. The van der Waals surface area contributed by atoms with E-state index in [0.717, 1.165) is 0 Å². The van der Waals surface area contributed by atoms with Gasteiger partial charge in [0.1, 0.15) is 5.75 Å². The maximum absolute atomic E-state index is 12.9. The lowest BCUT2D eigenvalue weighted by atomic mass is 10.1. The summed E-state index contributed by atoms with van der Waals surface area (Å²) in [4.78, 5) is 40.2. The van der Waals surface area contributed by atoms with Gasteiger partial charge < -0.3 is 25.2 Å². The number of amides is 4. The molecule has 2 aliphatic heterocycles. The zero-order valence-corrected chi connectivity index (χ0v) is 16.0. The van der Waals surface area contributed by atoms with Crippen molar-refractivity contribution in [2.24, 2.45) is 0 Å². The van der Waals surface area contributed by atoms with Crippen molar-refractivity contribution in [2.45, 2.75) is 32.7 Å². The minimum absolute atomic E-state index is 0.0150. The highest BCUT2D eigenvalue weighted by atomic mass is 16.5. The van der Waals surface area contributed by atoms with Crippen molar-refractivity contribution >= 4 is 23.5 Å². The average Bonchev–Trinajstić information content (AvgIpc) is 2.85. The Bertz CT molecular complexity index is 757. The minimum Gasteiger partial charge on any atom is -0.482 e. The summed E-state index contributed by atoms with van der Waals surface area (Å²) in [6.07, 6.45) is 0.716. The normalized spacial score (nSPS) is 17.4. The first-order valence-electron chi connectivity index (χ1n) is 9.16. The number of fused-ring (bicyclic) bond motifs is 1. The van der Waals surface area contributed by atoms with Crippen LogP contribution in [0.25, 0.3) is 0 Å². The van der Waals surface area contributed by atoms with Crippen molar-refractivity contribution in [3.05, 3.63) is 23.8 Å². The Balaban J connectivity index is 1.65. The third-order valence-corrected chi connectivity index (χ3v) is 4.41. The van der Waals surface area contributed by atoms with Crippen LogP contribution in [0.5, 0.6) is 5.75 Å². The number of nitrogens with one attached hydrogen (secondary N) is 2. The van der Waals surface area contributed by atoms with Gasteiger partial charge in [0.2, 0.25) is 0 Å². The van der Waals surface area contributed by atoms with Crippen LogP contribution in [0, 0.1) is 0 Å². The van der Waals surface area contributed by atoms with Crippen LogP contribution in [-0.4, -0.2) is 66.0 Å². The molecule has 0 radical (unpaired) electrons. The third-order valence-electron chi connectivity index (χ3n) is 4.41. The molecule has 2 N–H and O–H groups in total. The summed E-state index contributed by atoms with van der Waals surface area (Å²) in [6.45, 7) is 7.96. The summed E-state index contributed by atoms with van der Waals surface area (Å²) in [5, 5.41) is 5.68. The molecule has 146 valence electrons. The third kappa shape index (κ3) is 4.69. The molecule has 0 spiro atoms. The molecule has 3 rings (SSSR count). The van der Waals surface area contributed by atoms with Crippen LogP contribution in [0.15, 0.2) is 18.2 Å². The molecule has 1 aromatic carbocycles. The SMILES string of the molecule is CC(C)(C)NC(=O)N1CCCN(C(=O)c2ccc3c(c2)NC(=O)CO3)CC1. The Morgan fingerprint density at radius 3 is 2.56 bits per heavy atom. The van der Waals surface area contributed by atoms with E-state index in [-0.39, 0.29) is 30.0 Å². The van der Waals surface area contributed by atoms with Gasteiger partial charge in [0.25, 0.3) is 11.8 Å². The van der Waals surface area contributed by atoms with Gasteiger partial charge in [-0.25, -0.2) is 4.79 Å². The van der Waals surface area contributed by atoms with Crippen molar-refractivity contribution in [1.82, 2.24) is 15.1 Å². The summed E-state index contributed by atoms with van der Waals surface area (Å²) in [7, 11) is 0. The summed E-state index contributed by atoms with van der Waals surface area (Å²) in [5.41, 5.74) is 0.708. The van der Waals surface area contributed by atoms with E-state index in [1.54, 1.807) is 28.0 Å². The number of rotatable bonds is 1.